The van der Waals surface area contributed by atoms with Gasteiger partial charge in [0.2, 0.25) is 0 Å². The molecule has 1 aromatic heterocycles. The SMILES string of the molecule is Cc1ccc2cc(B3OC(C)(C)C(C)(C)O3)cc([Si](C)(C)C)c2n1. The summed E-state index contributed by atoms with van der Waals surface area (Å²) in [5, 5.41) is 2.54. The Labute approximate surface area is 146 Å². The minimum atomic E-state index is -1.55. The smallest absolute Gasteiger partial charge is 0.399 e. The van der Waals surface area contributed by atoms with E-state index in [0.29, 0.717) is 0 Å². The predicted octanol–water partition coefficient (Wildman–Crippen LogP) is 3.39. The van der Waals surface area contributed by atoms with Crippen molar-refractivity contribution in [2.75, 3.05) is 0 Å². The third kappa shape index (κ3) is 2.94. The molecular formula is C19H28BNO2Si. The summed E-state index contributed by atoms with van der Waals surface area (Å²) >= 11 is 0. The van der Waals surface area contributed by atoms with Crippen LogP contribution in [0.2, 0.25) is 19.6 Å². The Hall–Kier alpha value is -1.17. The van der Waals surface area contributed by atoms with E-state index in [4.69, 9.17) is 14.3 Å². The van der Waals surface area contributed by atoms with Crippen molar-refractivity contribution in [3.8, 4) is 0 Å². The maximum atomic E-state index is 6.26. The molecule has 0 saturated carbocycles. The van der Waals surface area contributed by atoms with E-state index in [-0.39, 0.29) is 18.3 Å². The summed E-state index contributed by atoms with van der Waals surface area (Å²) in [7, 11) is -1.87. The van der Waals surface area contributed by atoms with Gasteiger partial charge in [0.05, 0.1) is 24.8 Å². The molecule has 0 aliphatic carbocycles. The zero-order chi connectivity index (χ0) is 17.9. The van der Waals surface area contributed by atoms with Crippen LogP contribution < -0.4 is 10.6 Å². The van der Waals surface area contributed by atoms with Gasteiger partial charge in [-0.25, -0.2) is 0 Å². The Balaban J connectivity index is 2.16. The molecule has 1 aromatic carbocycles. The topological polar surface area (TPSA) is 31.4 Å². The molecule has 3 rings (SSSR count). The van der Waals surface area contributed by atoms with Gasteiger partial charge >= 0.3 is 7.12 Å². The molecule has 5 heteroatoms. The summed E-state index contributed by atoms with van der Waals surface area (Å²) in [5.41, 5.74) is 2.65. The minimum Gasteiger partial charge on any atom is -0.399 e. The number of fused-ring (bicyclic) bond motifs is 1. The molecule has 0 amide bonds. The van der Waals surface area contributed by atoms with Gasteiger partial charge in [-0.2, -0.15) is 0 Å². The highest BCUT2D eigenvalue weighted by Gasteiger charge is 2.51. The molecule has 0 N–H and O–H groups in total. The van der Waals surface area contributed by atoms with E-state index in [9.17, 15) is 0 Å². The van der Waals surface area contributed by atoms with Gasteiger partial charge in [0.25, 0.3) is 0 Å². The summed E-state index contributed by atoms with van der Waals surface area (Å²) in [6.45, 7) is 17.5. The van der Waals surface area contributed by atoms with Crippen LogP contribution in [0.5, 0.6) is 0 Å². The first kappa shape index (κ1) is 17.6. The molecule has 0 atom stereocenters. The molecular weight excluding hydrogens is 313 g/mol. The fourth-order valence-corrected chi connectivity index (χ4v) is 4.55. The Morgan fingerprint density at radius 2 is 1.54 bits per heavy atom. The van der Waals surface area contributed by atoms with Gasteiger partial charge in [-0.15, -0.1) is 0 Å². The normalized spacial score (nSPS) is 19.9. The summed E-state index contributed by atoms with van der Waals surface area (Å²) in [5.74, 6) is 0. The zero-order valence-electron chi connectivity index (χ0n) is 16.2. The van der Waals surface area contributed by atoms with Gasteiger partial charge in [-0.05, 0) is 56.7 Å². The third-order valence-electron chi connectivity index (χ3n) is 5.29. The second-order valence-corrected chi connectivity index (χ2v) is 14.0. The van der Waals surface area contributed by atoms with Crippen LogP contribution in [0.25, 0.3) is 10.9 Å². The minimum absolute atomic E-state index is 0.322. The van der Waals surface area contributed by atoms with Gasteiger partial charge in [-0.3, -0.25) is 4.98 Å². The third-order valence-corrected chi connectivity index (χ3v) is 7.28. The van der Waals surface area contributed by atoms with Crippen LogP contribution in [-0.4, -0.2) is 31.4 Å². The lowest BCUT2D eigenvalue weighted by Gasteiger charge is -2.32. The van der Waals surface area contributed by atoms with Crippen molar-refractivity contribution in [1.29, 1.82) is 0 Å². The molecule has 2 aromatic rings. The summed E-state index contributed by atoms with van der Waals surface area (Å²) in [6.07, 6.45) is 0. The maximum Gasteiger partial charge on any atom is 0.494 e. The largest absolute Gasteiger partial charge is 0.494 e. The lowest BCUT2D eigenvalue weighted by Crippen LogP contribution is -2.44. The molecule has 2 heterocycles. The number of aryl methyl sites for hydroxylation is 1. The van der Waals surface area contributed by atoms with Crippen LogP contribution in [0.15, 0.2) is 24.3 Å². The van der Waals surface area contributed by atoms with Gasteiger partial charge in [0.1, 0.15) is 0 Å². The molecule has 0 spiro atoms. The van der Waals surface area contributed by atoms with Crippen LogP contribution in [0.3, 0.4) is 0 Å². The van der Waals surface area contributed by atoms with E-state index in [1.54, 1.807) is 0 Å². The number of nitrogens with zero attached hydrogens (tertiary/aromatic N) is 1. The lowest BCUT2D eigenvalue weighted by molar-refractivity contribution is 0.00578. The molecule has 1 fully saturated rings. The quantitative estimate of drug-likeness (QED) is 0.785. The van der Waals surface area contributed by atoms with E-state index in [1.807, 2.05) is 0 Å². The highest BCUT2D eigenvalue weighted by molar-refractivity contribution is 6.90. The average Bonchev–Trinajstić information content (AvgIpc) is 2.65. The number of benzene rings is 1. The van der Waals surface area contributed by atoms with Crippen LogP contribution in [0, 0.1) is 6.92 Å². The molecule has 0 radical (unpaired) electrons. The summed E-state index contributed by atoms with van der Waals surface area (Å²) in [4.78, 5) is 4.82. The first-order valence-electron chi connectivity index (χ1n) is 8.68. The monoisotopic (exact) mass is 341 g/mol. The zero-order valence-corrected chi connectivity index (χ0v) is 17.2. The second kappa shape index (κ2) is 5.41. The summed E-state index contributed by atoms with van der Waals surface area (Å²) < 4.78 is 12.5. The molecule has 1 aliphatic rings. The van der Waals surface area contributed by atoms with Crippen LogP contribution >= 0.6 is 0 Å². The maximum absolute atomic E-state index is 6.26. The number of hydrogen-bond acceptors (Lipinski definition) is 3. The fourth-order valence-electron chi connectivity index (χ4n) is 3.04. The Morgan fingerprint density at radius 3 is 2.08 bits per heavy atom. The highest BCUT2D eigenvalue weighted by atomic mass is 28.3. The van der Waals surface area contributed by atoms with Gasteiger partial charge in [0, 0.05) is 5.69 Å². The second-order valence-electron chi connectivity index (χ2n) is 8.93. The summed E-state index contributed by atoms with van der Waals surface area (Å²) in [6, 6.07) is 8.68. The van der Waals surface area contributed by atoms with E-state index in [2.05, 4.69) is 78.5 Å². The van der Waals surface area contributed by atoms with Crippen molar-refractivity contribution in [2.24, 2.45) is 0 Å². The molecule has 3 nitrogen and oxygen atoms in total. The highest BCUT2D eigenvalue weighted by Crippen LogP contribution is 2.36. The number of aromatic nitrogens is 1. The number of rotatable bonds is 2. The molecule has 1 saturated heterocycles. The van der Waals surface area contributed by atoms with Gasteiger partial charge in [-0.1, -0.05) is 37.8 Å². The first-order valence-corrected chi connectivity index (χ1v) is 12.2. The molecule has 0 bridgehead atoms. The van der Waals surface area contributed by atoms with E-state index < -0.39 is 8.07 Å². The predicted molar refractivity (Wildman–Crippen MR) is 105 cm³/mol. The number of hydrogen-bond donors (Lipinski definition) is 0. The van der Waals surface area contributed by atoms with Crippen LogP contribution in [0.1, 0.15) is 33.4 Å². The molecule has 1 aliphatic heterocycles. The van der Waals surface area contributed by atoms with Gasteiger partial charge < -0.3 is 9.31 Å². The first-order chi connectivity index (χ1) is 10.9. The Kier molecular flexibility index (Phi) is 3.98. The standard InChI is InChI=1S/C19H28BNO2Si/c1-13-9-10-14-11-15(12-16(17(14)21-13)24(6,7)8)20-22-18(2,3)19(4,5)23-20/h9-12H,1-8H3. The average molecular weight is 341 g/mol. The van der Waals surface area contributed by atoms with E-state index in [1.165, 1.54) is 10.6 Å². The van der Waals surface area contributed by atoms with E-state index in [0.717, 1.165) is 16.7 Å². The van der Waals surface area contributed by atoms with Gasteiger partial charge in [0.15, 0.2) is 0 Å². The van der Waals surface area contributed by atoms with Crippen molar-refractivity contribution < 1.29 is 9.31 Å². The van der Waals surface area contributed by atoms with Crippen molar-refractivity contribution in [1.82, 2.24) is 4.98 Å². The fraction of sp³-hybridized carbons (Fsp3) is 0.526. The van der Waals surface area contributed by atoms with Crippen molar-refractivity contribution in [2.45, 2.75) is 65.5 Å². The Bertz CT molecular complexity index is 780. The van der Waals surface area contributed by atoms with Crippen LogP contribution in [-0.2, 0) is 9.31 Å². The Morgan fingerprint density at radius 1 is 0.958 bits per heavy atom. The van der Waals surface area contributed by atoms with Crippen molar-refractivity contribution in [3.63, 3.8) is 0 Å². The molecule has 24 heavy (non-hydrogen) atoms. The van der Waals surface area contributed by atoms with Crippen molar-refractivity contribution >= 4 is 36.7 Å². The molecule has 0 unspecified atom stereocenters. The van der Waals surface area contributed by atoms with Crippen molar-refractivity contribution in [3.05, 3.63) is 30.0 Å². The number of pyridine rings is 1. The van der Waals surface area contributed by atoms with E-state index >= 15 is 0 Å². The molecule has 128 valence electrons. The van der Waals surface area contributed by atoms with Crippen LogP contribution in [0.4, 0.5) is 0 Å². The lowest BCUT2D eigenvalue weighted by atomic mass is 9.78.